The highest BCUT2D eigenvalue weighted by Gasteiger charge is 2.24. The maximum Gasteiger partial charge on any atom is 0.138 e. The van der Waals surface area contributed by atoms with E-state index in [0.29, 0.717) is 12.3 Å². The van der Waals surface area contributed by atoms with E-state index in [9.17, 15) is 4.79 Å². The van der Waals surface area contributed by atoms with E-state index in [1.807, 2.05) is 0 Å². The number of Topliss-reactive ketones (excluding diaryl/α,β-unsaturated/α-hetero) is 1. The first-order valence-corrected chi connectivity index (χ1v) is 3.87. The molecule has 1 fully saturated rings. The molecule has 1 aliphatic carbocycles. The maximum atomic E-state index is 11.1. The van der Waals surface area contributed by atoms with Crippen LogP contribution in [0.15, 0.2) is 0 Å². The van der Waals surface area contributed by atoms with Gasteiger partial charge in [-0.3, -0.25) is 4.79 Å². The van der Waals surface area contributed by atoms with Gasteiger partial charge < -0.3 is 5.11 Å². The molecular weight excluding hydrogens is 128 g/mol. The molecule has 0 aromatic heterocycles. The van der Waals surface area contributed by atoms with E-state index in [1.165, 1.54) is 0 Å². The van der Waals surface area contributed by atoms with Crippen LogP contribution in [0.2, 0.25) is 0 Å². The molecule has 2 atom stereocenters. The van der Waals surface area contributed by atoms with Crippen LogP contribution in [-0.4, -0.2) is 17.5 Å². The van der Waals surface area contributed by atoms with Gasteiger partial charge in [0.05, 0.1) is 6.61 Å². The molecule has 0 aliphatic heterocycles. The summed E-state index contributed by atoms with van der Waals surface area (Å²) >= 11 is 0. The van der Waals surface area contributed by atoms with Crippen molar-refractivity contribution in [2.45, 2.75) is 26.2 Å². The van der Waals surface area contributed by atoms with Gasteiger partial charge in [-0.2, -0.15) is 0 Å². The fourth-order valence-electron chi connectivity index (χ4n) is 1.45. The van der Waals surface area contributed by atoms with Gasteiger partial charge in [-0.1, -0.05) is 6.92 Å². The Kier molecular flexibility index (Phi) is 2.44. The molecule has 0 heterocycles. The van der Waals surface area contributed by atoms with E-state index >= 15 is 0 Å². The summed E-state index contributed by atoms with van der Waals surface area (Å²) in [6.45, 7) is 2.14. The van der Waals surface area contributed by atoms with Crippen molar-refractivity contribution < 1.29 is 9.90 Å². The van der Waals surface area contributed by atoms with Gasteiger partial charge in [0.15, 0.2) is 0 Å². The Labute approximate surface area is 61.2 Å². The van der Waals surface area contributed by atoms with Gasteiger partial charge >= 0.3 is 0 Å². The van der Waals surface area contributed by atoms with Crippen molar-refractivity contribution in [2.75, 3.05) is 6.61 Å². The van der Waals surface area contributed by atoms with Gasteiger partial charge in [0.2, 0.25) is 0 Å². The molecule has 1 N–H and O–H groups in total. The van der Waals surface area contributed by atoms with Gasteiger partial charge in [0.25, 0.3) is 0 Å². The number of carbonyl (C=O) groups is 1. The Balaban J connectivity index is 2.43. The summed E-state index contributed by atoms with van der Waals surface area (Å²) in [7, 11) is 0. The molecule has 0 bridgehead atoms. The standard InChI is InChI=1S/C8H14O2/c1-6-2-3-7(5-9)8(10)4-6/h6-7,9H,2-5H2,1H3. The zero-order valence-electron chi connectivity index (χ0n) is 6.34. The van der Waals surface area contributed by atoms with Gasteiger partial charge in [-0.15, -0.1) is 0 Å². The van der Waals surface area contributed by atoms with Crippen LogP contribution in [0.5, 0.6) is 0 Å². The first-order valence-electron chi connectivity index (χ1n) is 3.87. The summed E-state index contributed by atoms with van der Waals surface area (Å²) in [6, 6.07) is 0. The lowest BCUT2D eigenvalue weighted by Crippen LogP contribution is -2.26. The van der Waals surface area contributed by atoms with Crippen LogP contribution in [0.3, 0.4) is 0 Å². The minimum absolute atomic E-state index is 0.0452. The summed E-state index contributed by atoms with van der Waals surface area (Å²) in [5.41, 5.74) is 0. The highest BCUT2D eigenvalue weighted by molar-refractivity contribution is 5.81. The topological polar surface area (TPSA) is 37.3 Å². The second-order valence-electron chi connectivity index (χ2n) is 3.23. The normalized spacial score (nSPS) is 34.4. The average molecular weight is 142 g/mol. The van der Waals surface area contributed by atoms with E-state index in [4.69, 9.17) is 5.11 Å². The van der Waals surface area contributed by atoms with Crippen molar-refractivity contribution in [1.29, 1.82) is 0 Å². The summed E-state index contributed by atoms with van der Waals surface area (Å²) in [4.78, 5) is 11.1. The number of aliphatic hydroxyl groups excluding tert-OH is 1. The van der Waals surface area contributed by atoms with Crippen LogP contribution in [-0.2, 0) is 4.79 Å². The maximum absolute atomic E-state index is 11.1. The van der Waals surface area contributed by atoms with Crippen molar-refractivity contribution in [3.05, 3.63) is 0 Å². The van der Waals surface area contributed by atoms with Crippen LogP contribution in [0.25, 0.3) is 0 Å². The number of aliphatic hydroxyl groups is 1. The number of rotatable bonds is 1. The van der Waals surface area contributed by atoms with E-state index in [2.05, 4.69) is 6.92 Å². The fraction of sp³-hybridized carbons (Fsp3) is 0.875. The number of hydrogen-bond donors (Lipinski definition) is 1. The third kappa shape index (κ3) is 1.57. The molecule has 0 spiro atoms. The molecule has 0 saturated heterocycles. The summed E-state index contributed by atoms with van der Waals surface area (Å²) in [5, 5.41) is 8.73. The summed E-state index contributed by atoms with van der Waals surface area (Å²) in [6.07, 6.45) is 2.65. The Bertz CT molecular complexity index is 131. The molecule has 1 aliphatic rings. The predicted octanol–water partition coefficient (Wildman–Crippen LogP) is 0.984. The molecule has 2 unspecified atom stereocenters. The number of carbonyl (C=O) groups excluding carboxylic acids is 1. The Hall–Kier alpha value is -0.370. The monoisotopic (exact) mass is 142 g/mol. The third-order valence-electron chi connectivity index (χ3n) is 2.23. The molecule has 0 aromatic rings. The molecule has 0 aromatic carbocycles. The molecule has 1 saturated carbocycles. The lowest BCUT2D eigenvalue weighted by Gasteiger charge is -2.22. The zero-order valence-corrected chi connectivity index (χ0v) is 6.34. The molecule has 2 heteroatoms. The second kappa shape index (κ2) is 3.15. The Morgan fingerprint density at radius 3 is 2.80 bits per heavy atom. The number of hydrogen-bond acceptors (Lipinski definition) is 2. The summed E-state index contributed by atoms with van der Waals surface area (Å²) in [5.74, 6) is 0.743. The van der Waals surface area contributed by atoms with E-state index in [-0.39, 0.29) is 18.3 Å². The molecule has 2 nitrogen and oxygen atoms in total. The molecule has 0 radical (unpaired) electrons. The smallest absolute Gasteiger partial charge is 0.138 e. The minimum Gasteiger partial charge on any atom is -0.396 e. The zero-order chi connectivity index (χ0) is 7.56. The van der Waals surface area contributed by atoms with Crippen molar-refractivity contribution >= 4 is 5.78 Å². The van der Waals surface area contributed by atoms with Crippen molar-refractivity contribution in [1.82, 2.24) is 0 Å². The lowest BCUT2D eigenvalue weighted by molar-refractivity contribution is -0.127. The van der Waals surface area contributed by atoms with Crippen LogP contribution < -0.4 is 0 Å². The second-order valence-corrected chi connectivity index (χ2v) is 3.23. The minimum atomic E-state index is -0.0452. The summed E-state index contributed by atoms with van der Waals surface area (Å²) < 4.78 is 0. The quantitative estimate of drug-likeness (QED) is 0.592. The molecule has 1 rings (SSSR count). The van der Waals surface area contributed by atoms with Gasteiger partial charge in [0, 0.05) is 12.3 Å². The van der Waals surface area contributed by atoms with Crippen molar-refractivity contribution in [3.8, 4) is 0 Å². The molecular formula is C8H14O2. The lowest BCUT2D eigenvalue weighted by atomic mass is 9.82. The number of ketones is 1. The Morgan fingerprint density at radius 2 is 2.30 bits per heavy atom. The van der Waals surface area contributed by atoms with E-state index in [0.717, 1.165) is 12.8 Å². The van der Waals surface area contributed by atoms with Crippen LogP contribution in [0, 0.1) is 11.8 Å². The highest BCUT2D eigenvalue weighted by atomic mass is 16.3. The third-order valence-corrected chi connectivity index (χ3v) is 2.23. The predicted molar refractivity (Wildman–Crippen MR) is 38.6 cm³/mol. The molecule has 0 amide bonds. The van der Waals surface area contributed by atoms with Gasteiger partial charge in [-0.05, 0) is 18.8 Å². The highest BCUT2D eigenvalue weighted by Crippen LogP contribution is 2.24. The largest absolute Gasteiger partial charge is 0.396 e. The van der Waals surface area contributed by atoms with Crippen LogP contribution in [0.4, 0.5) is 0 Å². The fourth-order valence-corrected chi connectivity index (χ4v) is 1.45. The van der Waals surface area contributed by atoms with Crippen LogP contribution >= 0.6 is 0 Å². The average Bonchev–Trinajstić information content (AvgIpc) is 1.88. The van der Waals surface area contributed by atoms with E-state index in [1.54, 1.807) is 0 Å². The van der Waals surface area contributed by atoms with E-state index < -0.39 is 0 Å². The molecule has 58 valence electrons. The van der Waals surface area contributed by atoms with Gasteiger partial charge in [0.1, 0.15) is 5.78 Å². The Morgan fingerprint density at radius 1 is 1.60 bits per heavy atom. The van der Waals surface area contributed by atoms with Crippen LogP contribution in [0.1, 0.15) is 26.2 Å². The van der Waals surface area contributed by atoms with Gasteiger partial charge in [-0.25, -0.2) is 0 Å². The SMILES string of the molecule is CC1CCC(CO)C(=O)C1. The molecule has 10 heavy (non-hydrogen) atoms. The van der Waals surface area contributed by atoms with Crippen molar-refractivity contribution in [3.63, 3.8) is 0 Å². The first kappa shape index (κ1) is 7.73. The van der Waals surface area contributed by atoms with Crippen molar-refractivity contribution in [2.24, 2.45) is 11.8 Å². The first-order chi connectivity index (χ1) is 4.74.